The molecular formula is C8H17N. The van der Waals surface area contributed by atoms with E-state index in [2.05, 4.69) is 26.1 Å². The van der Waals surface area contributed by atoms with Crippen LogP contribution in [0.25, 0.3) is 0 Å². The summed E-state index contributed by atoms with van der Waals surface area (Å²) in [5.74, 6) is 0. The Hall–Kier alpha value is -0.0400. The molecule has 54 valence electrons. The highest BCUT2D eigenvalue weighted by Gasteiger charge is 2.33. The van der Waals surface area contributed by atoms with E-state index < -0.39 is 0 Å². The van der Waals surface area contributed by atoms with Crippen molar-refractivity contribution in [3.63, 3.8) is 0 Å². The third-order valence-electron chi connectivity index (χ3n) is 3.00. The third kappa shape index (κ3) is 1.11. The van der Waals surface area contributed by atoms with E-state index in [1.54, 1.807) is 0 Å². The molecule has 0 aromatic heterocycles. The Balaban J connectivity index is 2.56. The summed E-state index contributed by atoms with van der Waals surface area (Å²) in [6.07, 6.45) is 2.66. The van der Waals surface area contributed by atoms with E-state index in [4.69, 9.17) is 0 Å². The Bertz CT molecular complexity index is 101. The van der Waals surface area contributed by atoms with E-state index >= 15 is 0 Å². The quantitative estimate of drug-likeness (QED) is 0.566. The lowest BCUT2D eigenvalue weighted by Crippen LogP contribution is -2.30. The van der Waals surface area contributed by atoms with Crippen molar-refractivity contribution in [2.24, 2.45) is 5.41 Å². The van der Waals surface area contributed by atoms with Gasteiger partial charge in [0.2, 0.25) is 0 Å². The van der Waals surface area contributed by atoms with Crippen LogP contribution in [0.3, 0.4) is 0 Å². The summed E-state index contributed by atoms with van der Waals surface area (Å²) in [5.41, 5.74) is 0.583. The van der Waals surface area contributed by atoms with Crippen LogP contribution >= 0.6 is 0 Å². The molecule has 1 heteroatoms. The molecule has 0 spiro atoms. The molecule has 0 aromatic rings. The summed E-state index contributed by atoms with van der Waals surface area (Å²) in [4.78, 5) is 0. The fourth-order valence-corrected chi connectivity index (χ4v) is 1.52. The molecule has 0 amide bonds. The van der Waals surface area contributed by atoms with Gasteiger partial charge in [-0.15, -0.1) is 0 Å². The Morgan fingerprint density at radius 2 is 2.33 bits per heavy atom. The van der Waals surface area contributed by atoms with Crippen LogP contribution < -0.4 is 5.32 Å². The van der Waals surface area contributed by atoms with Crippen molar-refractivity contribution in [3.8, 4) is 0 Å². The third-order valence-corrected chi connectivity index (χ3v) is 3.00. The molecule has 1 fully saturated rings. The van der Waals surface area contributed by atoms with E-state index in [-0.39, 0.29) is 0 Å². The molecule has 1 rings (SSSR count). The first-order valence-electron chi connectivity index (χ1n) is 3.92. The number of hydrogen-bond donors (Lipinski definition) is 1. The Morgan fingerprint density at radius 1 is 1.67 bits per heavy atom. The molecule has 0 aliphatic carbocycles. The van der Waals surface area contributed by atoms with Crippen LogP contribution in [-0.2, 0) is 0 Å². The maximum absolute atomic E-state index is 3.46. The van der Waals surface area contributed by atoms with E-state index in [1.807, 2.05) is 0 Å². The maximum Gasteiger partial charge on any atom is 0.00929 e. The molecule has 1 nitrogen and oxygen atoms in total. The Morgan fingerprint density at radius 3 is 2.56 bits per heavy atom. The highest BCUT2D eigenvalue weighted by Crippen LogP contribution is 2.33. The summed E-state index contributed by atoms with van der Waals surface area (Å²) in [5, 5.41) is 3.46. The monoisotopic (exact) mass is 127 g/mol. The second-order valence-corrected chi connectivity index (χ2v) is 3.43. The normalized spacial score (nSPS) is 43.7. The molecule has 1 saturated heterocycles. The van der Waals surface area contributed by atoms with Crippen LogP contribution in [-0.4, -0.2) is 12.6 Å². The zero-order chi connectivity index (χ0) is 6.91. The van der Waals surface area contributed by atoms with Crippen LogP contribution in [0.1, 0.15) is 33.6 Å². The first-order chi connectivity index (χ1) is 4.19. The van der Waals surface area contributed by atoms with Crippen molar-refractivity contribution in [1.29, 1.82) is 0 Å². The van der Waals surface area contributed by atoms with Gasteiger partial charge in [0.05, 0.1) is 0 Å². The average molecular weight is 127 g/mol. The second kappa shape index (κ2) is 2.30. The lowest BCUT2D eigenvalue weighted by molar-refractivity contribution is 0.283. The van der Waals surface area contributed by atoms with E-state index in [0.29, 0.717) is 5.41 Å². The van der Waals surface area contributed by atoms with Crippen LogP contribution in [0.2, 0.25) is 0 Å². The lowest BCUT2D eigenvalue weighted by atomic mass is 9.81. The predicted molar refractivity (Wildman–Crippen MR) is 40.5 cm³/mol. The van der Waals surface area contributed by atoms with E-state index in [9.17, 15) is 0 Å². The van der Waals surface area contributed by atoms with Crippen molar-refractivity contribution in [1.82, 2.24) is 5.32 Å². The molecule has 1 aliphatic rings. The van der Waals surface area contributed by atoms with Crippen molar-refractivity contribution in [2.75, 3.05) is 6.54 Å². The zero-order valence-electron chi connectivity index (χ0n) is 6.70. The van der Waals surface area contributed by atoms with Gasteiger partial charge < -0.3 is 5.32 Å². The fraction of sp³-hybridized carbons (Fsp3) is 1.00. The second-order valence-electron chi connectivity index (χ2n) is 3.43. The minimum absolute atomic E-state index is 0.583. The highest BCUT2D eigenvalue weighted by molar-refractivity contribution is 4.89. The SMILES string of the molecule is CCC1(C)CCNC1C. The molecule has 2 atom stereocenters. The number of nitrogens with one attached hydrogen (secondary N) is 1. The smallest absolute Gasteiger partial charge is 0.00929 e. The van der Waals surface area contributed by atoms with Gasteiger partial charge >= 0.3 is 0 Å². The van der Waals surface area contributed by atoms with Gasteiger partial charge in [-0.1, -0.05) is 13.8 Å². The molecule has 2 unspecified atom stereocenters. The highest BCUT2D eigenvalue weighted by atomic mass is 15.0. The van der Waals surface area contributed by atoms with Gasteiger partial charge in [-0.2, -0.15) is 0 Å². The summed E-state index contributed by atoms with van der Waals surface area (Å²) in [6, 6.07) is 0.725. The molecular weight excluding hydrogens is 110 g/mol. The lowest BCUT2D eigenvalue weighted by Gasteiger charge is -2.26. The van der Waals surface area contributed by atoms with Crippen LogP contribution in [0.5, 0.6) is 0 Å². The number of hydrogen-bond acceptors (Lipinski definition) is 1. The molecule has 0 bridgehead atoms. The molecule has 0 radical (unpaired) electrons. The summed E-state index contributed by atoms with van der Waals surface area (Å²) < 4.78 is 0. The van der Waals surface area contributed by atoms with Gasteiger partial charge in [0, 0.05) is 6.04 Å². The molecule has 9 heavy (non-hydrogen) atoms. The topological polar surface area (TPSA) is 12.0 Å². The molecule has 0 aromatic carbocycles. The van der Waals surface area contributed by atoms with Crippen molar-refractivity contribution in [2.45, 2.75) is 39.7 Å². The van der Waals surface area contributed by atoms with Gasteiger partial charge in [0.25, 0.3) is 0 Å². The van der Waals surface area contributed by atoms with Gasteiger partial charge in [0.15, 0.2) is 0 Å². The minimum atomic E-state index is 0.583. The van der Waals surface area contributed by atoms with Crippen molar-refractivity contribution >= 4 is 0 Å². The van der Waals surface area contributed by atoms with Crippen molar-refractivity contribution < 1.29 is 0 Å². The summed E-state index contributed by atoms with van der Waals surface area (Å²) >= 11 is 0. The first-order valence-corrected chi connectivity index (χ1v) is 3.92. The Kier molecular flexibility index (Phi) is 1.80. The minimum Gasteiger partial charge on any atom is -0.314 e. The van der Waals surface area contributed by atoms with Gasteiger partial charge in [-0.3, -0.25) is 0 Å². The average Bonchev–Trinajstić information content (AvgIpc) is 2.15. The predicted octanol–water partition coefficient (Wildman–Crippen LogP) is 1.78. The number of rotatable bonds is 1. The summed E-state index contributed by atoms with van der Waals surface area (Å²) in [6.45, 7) is 8.16. The van der Waals surface area contributed by atoms with Gasteiger partial charge in [0.1, 0.15) is 0 Å². The molecule has 1 N–H and O–H groups in total. The van der Waals surface area contributed by atoms with Gasteiger partial charge in [-0.05, 0) is 31.7 Å². The van der Waals surface area contributed by atoms with Crippen LogP contribution in [0.15, 0.2) is 0 Å². The van der Waals surface area contributed by atoms with E-state index in [0.717, 1.165) is 6.04 Å². The fourth-order valence-electron chi connectivity index (χ4n) is 1.52. The molecule has 1 aliphatic heterocycles. The van der Waals surface area contributed by atoms with Gasteiger partial charge in [-0.25, -0.2) is 0 Å². The largest absolute Gasteiger partial charge is 0.314 e. The maximum atomic E-state index is 3.46. The Labute approximate surface area is 57.8 Å². The zero-order valence-corrected chi connectivity index (χ0v) is 6.70. The molecule has 0 saturated carbocycles. The van der Waals surface area contributed by atoms with Crippen LogP contribution in [0, 0.1) is 5.41 Å². The van der Waals surface area contributed by atoms with Crippen LogP contribution in [0.4, 0.5) is 0 Å². The van der Waals surface area contributed by atoms with Crippen molar-refractivity contribution in [3.05, 3.63) is 0 Å². The van der Waals surface area contributed by atoms with E-state index in [1.165, 1.54) is 19.4 Å². The summed E-state index contributed by atoms with van der Waals surface area (Å²) in [7, 11) is 0. The molecule has 1 heterocycles. The first kappa shape index (κ1) is 7.07. The standard InChI is InChI=1S/C8H17N/c1-4-8(3)5-6-9-7(8)2/h7,9H,4-6H2,1-3H3.